The van der Waals surface area contributed by atoms with Gasteiger partial charge in [0, 0.05) is 18.1 Å². The summed E-state index contributed by atoms with van der Waals surface area (Å²) in [4.78, 5) is 32.7. The summed E-state index contributed by atoms with van der Waals surface area (Å²) in [5.41, 5.74) is 5.85. The third-order valence-electron chi connectivity index (χ3n) is 9.18. The van der Waals surface area contributed by atoms with Crippen LogP contribution in [0.15, 0.2) is 29.1 Å². The van der Waals surface area contributed by atoms with Crippen molar-refractivity contribution in [3.63, 3.8) is 0 Å². The molecule has 1 aromatic heterocycles. The second kappa shape index (κ2) is 8.59. The summed E-state index contributed by atoms with van der Waals surface area (Å²) in [6.45, 7) is 0. The average Bonchev–Trinajstić information content (AvgIpc) is 2.94. The first-order valence-electron chi connectivity index (χ1n) is 13.2. The molecule has 3 N–H and O–H groups in total. The molecule has 34 heavy (non-hydrogen) atoms. The van der Waals surface area contributed by atoms with Gasteiger partial charge in [-0.3, -0.25) is 19.9 Å². The van der Waals surface area contributed by atoms with Gasteiger partial charge in [-0.25, -0.2) is 4.98 Å². The molecule has 4 bridgehead atoms. The summed E-state index contributed by atoms with van der Waals surface area (Å²) in [7, 11) is 0. The molecule has 0 radical (unpaired) electrons. The van der Waals surface area contributed by atoms with Crippen molar-refractivity contribution in [3.05, 3.63) is 40.3 Å². The van der Waals surface area contributed by atoms with E-state index >= 15 is 0 Å². The molecule has 2 aromatic rings. The Morgan fingerprint density at radius 2 is 1.65 bits per heavy atom. The Balaban J connectivity index is 1.42. The highest BCUT2D eigenvalue weighted by Crippen LogP contribution is 2.49. The number of benzene rings is 1. The van der Waals surface area contributed by atoms with Crippen LogP contribution in [0.5, 0.6) is 0 Å². The fourth-order valence-electron chi connectivity index (χ4n) is 7.92. The molecule has 7 heteroatoms. The molecule has 3 heterocycles. The molecule has 0 spiro atoms. The number of nitrogens with zero attached hydrogens (tertiary/aromatic N) is 3. The van der Waals surface area contributed by atoms with E-state index in [-0.39, 0.29) is 17.3 Å². The summed E-state index contributed by atoms with van der Waals surface area (Å²) in [5.74, 6) is 0.805. The van der Waals surface area contributed by atoms with Gasteiger partial charge in [0.15, 0.2) is 11.4 Å². The van der Waals surface area contributed by atoms with Crippen LogP contribution in [0.2, 0.25) is 0 Å². The number of aromatic nitrogens is 2. The lowest BCUT2D eigenvalue weighted by Gasteiger charge is -2.46. The highest BCUT2D eigenvalue weighted by molar-refractivity contribution is 6.43. The van der Waals surface area contributed by atoms with E-state index in [1.165, 1.54) is 57.8 Å². The second-order valence-corrected chi connectivity index (χ2v) is 11.1. The Morgan fingerprint density at radius 3 is 2.38 bits per heavy atom. The summed E-state index contributed by atoms with van der Waals surface area (Å²) in [6.07, 6.45) is 14.0. The highest BCUT2D eigenvalue weighted by atomic mass is 16.1. The number of para-hydroxylation sites is 2. The topological polar surface area (TPSA) is 105 Å². The van der Waals surface area contributed by atoms with Crippen LogP contribution in [-0.2, 0) is 4.79 Å². The van der Waals surface area contributed by atoms with E-state index in [2.05, 4.69) is 9.88 Å². The number of primary amides is 1. The summed E-state index contributed by atoms with van der Waals surface area (Å²) < 4.78 is 1.87. The zero-order valence-electron chi connectivity index (χ0n) is 19.8. The molecule has 6 rings (SSSR count). The predicted molar refractivity (Wildman–Crippen MR) is 132 cm³/mol. The van der Waals surface area contributed by atoms with Crippen molar-refractivity contribution in [2.24, 2.45) is 17.6 Å². The monoisotopic (exact) mass is 461 g/mol. The van der Waals surface area contributed by atoms with E-state index in [4.69, 9.17) is 11.1 Å². The quantitative estimate of drug-likeness (QED) is 0.676. The molecule has 1 aromatic carbocycles. The molecule has 2 aliphatic carbocycles. The van der Waals surface area contributed by atoms with Crippen LogP contribution in [0.25, 0.3) is 11.0 Å². The maximum atomic E-state index is 13.7. The van der Waals surface area contributed by atoms with Crippen LogP contribution in [0, 0.1) is 17.2 Å². The Labute approximate surface area is 200 Å². The highest BCUT2D eigenvalue weighted by Gasteiger charge is 2.49. The van der Waals surface area contributed by atoms with E-state index < -0.39 is 11.6 Å². The minimum absolute atomic E-state index is 0.0382. The standard InChI is InChI=1S/C27H35N5O2/c28-24(26(29)33)25-27(34)32(21-10-4-3-9-20(21)30-25)23-15-18-8-5-11-22(23)31(18)19-13-16-6-1-2-7-17(12-16)14-19/h3-4,9-10,16-19,22-23,28H,1-2,5-8,11-15H2,(H2,29,33)/t16?,17?,18-,19?,22+,23+/m0/s1. The van der Waals surface area contributed by atoms with Gasteiger partial charge in [-0.15, -0.1) is 0 Å². The Hall–Kier alpha value is -2.54. The normalized spacial score (nSPS) is 33.5. The van der Waals surface area contributed by atoms with Crippen molar-refractivity contribution in [2.75, 3.05) is 0 Å². The number of nitrogens with two attached hydrogens (primary N) is 1. The summed E-state index contributed by atoms with van der Waals surface area (Å²) in [5, 5.41) is 8.15. The third kappa shape index (κ3) is 3.60. The maximum absolute atomic E-state index is 13.7. The number of hydrogen-bond donors (Lipinski definition) is 2. The van der Waals surface area contributed by atoms with Gasteiger partial charge >= 0.3 is 0 Å². The Bertz CT molecular complexity index is 1180. The van der Waals surface area contributed by atoms with Gasteiger partial charge in [0.1, 0.15) is 0 Å². The van der Waals surface area contributed by atoms with E-state index in [9.17, 15) is 9.59 Å². The Kier molecular flexibility index (Phi) is 5.55. The molecule has 1 amide bonds. The van der Waals surface area contributed by atoms with Crippen LogP contribution in [-0.4, -0.2) is 44.2 Å². The number of amides is 1. The molecule has 2 saturated heterocycles. The van der Waals surface area contributed by atoms with Crippen LogP contribution < -0.4 is 11.3 Å². The van der Waals surface area contributed by atoms with Gasteiger partial charge in [0.2, 0.25) is 0 Å². The molecule has 180 valence electrons. The van der Waals surface area contributed by atoms with Crippen LogP contribution >= 0.6 is 0 Å². The molecule has 2 saturated carbocycles. The van der Waals surface area contributed by atoms with Crippen molar-refractivity contribution in [3.8, 4) is 0 Å². The lowest BCUT2D eigenvalue weighted by Crippen LogP contribution is -2.51. The van der Waals surface area contributed by atoms with Crippen molar-refractivity contribution in [1.29, 1.82) is 5.41 Å². The number of hydrogen-bond acceptors (Lipinski definition) is 5. The van der Waals surface area contributed by atoms with E-state index in [1.54, 1.807) is 0 Å². The predicted octanol–water partition coefficient (Wildman–Crippen LogP) is 3.78. The number of carbonyl (C=O) groups is 1. The summed E-state index contributed by atoms with van der Waals surface area (Å²) in [6, 6.07) is 9.10. The first-order valence-corrected chi connectivity index (χ1v) is 13.2. The molecule has 4 fully saturated rings. The number of piperidine rings is 1. The molecule has 2 unspecified atom stereocenters. The van der Waals surface area contributed by atoms with E-state index in [0.29, 0.717) is 23.6 Å². The van der Waals surface area contributed by atoms with Gasteiger partial charge < -0.3 is 10.3 Å². The molecule has 4 aliphatic rings. The minimum atomic E-state index is -0.914. The molecular formula is C27H35N5O2. The van der Waals surface area contributed by atoms with Crippen molar-refractivity contribution >= 4 is 22.7 Å². The first-order chi connectivity index (χ1) is 16.5. The van der Waals surface area contributed by atoms with Crippen molar-refractivity contribution in [1.82, 2.24) is 14.5 Å². The van der Waals surface area contributed by atoms with Gasteiger partial charge in [-0.1, -0.05) is 44.2 Å². The zero-order valence-corrected chi connectivity index (χ0v) is 19.8. The maximum Gasteiger partial charge on any atom is 0.279 e. The van der Waals surface area contributed by atoms with Gasteiger partial charge in [0.05, 0.1) is 17.1 Å². The third-order valence-corrected chi connectivity index (χ3v) is 9.18. The van der Waals surface area contributed by atoms with E-state index in [0.717, 1.165) is 30.2 Å². The second-order valence-electron chi connectivity index (χ2n) is 11.1. The average molecular weight is 462 g/mol. The number of fused-ring (bicyclic) bond motifs is 5. The Morgan fingerprint density at radius 1 is 0.912 bits per heavy atom. The van der Waals surface area contributed by atoms with Crippen molar-refractivity contribution < 1.29 is 4.79 Å². The minimum Gasteiger partial charge on any atom is -0.364 e. The lowest BCUT2D eigenvalue weighted by atomic mass is 9.76. The van der Waals surface area contributed by atoms with Gasteiger partial charge in [0.25, 0.3) is 11.5 Å². The fourth-order valence-corrected chi connectivity index (χ4v) is 7.92. The van der Waals surface area contributed by atoms with Crippen LogP contribution in [0.3, 0.4) is 0 Å². The van der Waals surface area contributed by atoms with Gasteiger partial charge in [-0.2, -0.15) is 0 Å². The molecule has 2 aliphatic heterocycles. The van der Waals surface area contributed by atoms with Crippen LogP contribution in [0.1, 0.15) is 82.4 Å². The van der Waals surface area contributed by atoms with Gasteiger partial charge in [-0.05, 0) is 62.5 Å². The summed E-state index contributed by atoms with van der Waals surface area (Å²) >= 11 is 0. The number of carbonyl (C=O) groups excluding carboxylic acids is 1. The number of rotatable bonds is 4. The molecular weight excluding hydrogens is 426 g/mol. The number of nitrogens with one attached hydrogen (secondary N) is 1. The molecule has 5 atom stereocenters. The largest absolute Gasteiger partial charge is 0.364 e. The molecule has 7 nitrogen and oxygen atoms in total. The lowest BCUT2D eigenvalue weighted by molar-refractivity contribution is -0.112. The van der Waals surface area contributed by atoms with Crippen molar-refractivity contribution in [2.45, 2.75) is 94.8 Å². The van der Waals surface area contributed by atoms with Crippen LogP contribution in [0.4, 0.5) is 0 Å². The van der Waals surface area contributed by atoms with E-state index in [1.807, 2.05) is 28.8 Å². The SMILES string of the molecule is N=C(C(N)=O)c1nc2ccccc2n([C@@H]2C[C@@H]3CCC[C@H]2N3C2CC3CCCCC(C3)C2)c1=O. The zero-order chi connectivity index (χ0) is 23.4. The smallest absolute Gasteiger partial charge is 0.279 e. The fraction of sp³-hybridized carbons (Fsp3) is 0.630. The first kappa shape index (κ1) is 22.0.